The van der Waals surface area contributed by atoms with Crippen molar-refractivity contribution in [2.45, 2.75) is 38.8 Å². The molecule has 1 atom stereocenters. The molecule has 1 unspecified atom stereocenters. The maximum absolute atomic E-state index is 13.2. The van der Waals surface area contributed by atoms with Crippen LogP contribution in [-0.2, 0) is 30.3 Å². The summed E-state index contributed by atoms with van der Waals surface area (Å²) in [4.78, 5) is 76.2. The third-order valence-corrected chi connectivity index (χ3v) is 9.48. The molecule has 0 aliphatic carbocycles. The molecular weight excluding hydrogens is 749 g/mol. The summed E-state index contributed by atoms with van der Waals surface area (Å²) in [7, 11) is 0. The van der Waals surface area contributed by atoms with Gasteiger partial charge in [0.2, 0.25) is 17.8 Å². The zero-order valence-corrected chi connectivity index (χ0v) is 31.9. The molecule has 0 spiro atoms. The van der Waals surface area contributed by atoms with Gasteiger partial charge in [-0.3, -0.25) is 38.9 Å². The van der Waals surface area contributed by atoms with E-state index >= 15 is 0 Å². The number of amides is 5. The average molecular weight is 793 g/mol. The quantitative estimate of drug-likeness (QED) is 0.0565. The molecule has 58 heavy (non-hydrogen) atoms. The van der Waals surface area contributed by atoms with Gasteiger partial charge in [0, 0.05) is 66.3 Å². The van der Waals surface area contributed by atoms with Crippen molar-refractivity contribution in [1.29, 1.82) is 0 Å². The Balaban J connectivity index is 0.748. The van der Waals surface area contributed by atoms with Crippen LogP contribution in [0.3, 0.4) is 0 Å². The third kappa shape index (κ3) is 9.20. The van der Waals surface area contributed by atoms with Gasteiger partial charge in [-0.25, -0.2) is 4.98 Å². The van der Waals surface area contributed by atoms with Gasteiger partial charge in [-0.2, -0.15) is 10.1 Å². The highest BCUT2D eigenvalue weighted by Gasteiger charge is 2.45. The molecule has 2 aromatic carbocycles. The number of piperidine rings is 1. The Morgan fingerprint density at radius 3 is 2.41 bits per heavy atom. The average Bonchev–Trinajstić information content (AvgIpc) is 3.96. The summed E-state index contributed by atoms with van der Waals surface area (Å²) in [5.74, 6) is -2.01. The Morgan fingerprint density at radius 2 is 1.66 bits per heavy atom. The van der Waals surface area contributed by atoms with Gasteiger partial charge in [0.15, 0.2) is 0 Å². The number of hydrogen-bond donors (Lipinski definition) is 5. The standard InChI is InChI=1S/C40H44N10O8/c1-2-16-49-24-26(23-44-49)34-29-12-13-42-35(29)48-40(47-34)45-27-8-6-25(7-9-27)36(52)43-15-18-57-20-22-58-21-19-56-17-14-41-30-5-3-4-28-33(30)39(55)50(38(28)54)31-10-11-32(51)46-37(31)53/h3-9,12-13,23-24,31,41H,2,10-11,14-22H2,1H3,(H,43,52)(H,46,51,53)(H2,42,45,47,48). The lowest BCUT2D eigenvalue weighted by molar-refractivity contribution is -0.136. The van der Waals surface area contributed by atoms with Crippen molar-refractivity contribution in [1.82, 2.24) is 40.3 Å². The molecule has 302 valence electrons. The van der Waals surface area contributed by atoms with E-state index in [1.165, 1.54) is 0 Å². The number of ether oxygens (including phenoxy) is 3. The number of carbonyl (C=O) groups excluding carboxylic acids is 5. The van der Waals surface area contributed by atoms with E-state index in [9.17, 15) is 24.0 Å². The SMILES string of the molecule is CCCn1cc(-c2nc(Nc3ccc(C(=O)NCCOCCOCCOCCNc4cccc5c4C(=O)N(C4CCC(=O)NC4=O)C5=O)cc3)nc3[nH]ccc23)cn1. The summed E-state index contributed by atoms with van der Waals surface area (Å²) < 4.78 is 18.6. The lowest BCUT2D eigenvalue weighted by Gasteiger charge is -2.27. The van der Waals surface area contributed by atoms with Crippen LogP contribution in [0.5, 0.6) is 0 Å². The number of benzene rings is 2. The molecule has 5 heterocycles. The molecule has 5 N–H and O–H groups in total. The van der Waals surface area contributed by atoms with E-state index in [0.717, 1.165) is 40.2 Å². The lowest BCUT2D eigenvalue weighted by atomic mass is 10.0. The number of H-pyrrole nitrogens is 1. The Labute approximate surface area is 333 Å². The van der Waals surface area contributed by atoms with Crippen molar-refractivity contribution in [2.75, 3.05) is 63.4 Å². The van der Waals surface area contributed by atoms with Gasteiger partial charge in [0.05, 0.1) is 62.7 Å². The second-order valence-electron chi connectivity index (χ2n) is 13.5. The van der Waals surface area contributed by atoms with Crippen LogP contribution in [0.2, 0.25) is 0 Å². The summed E-state index contributed by atoms with van der Waals surface area (Å²) >= 11 is 0. The van der Waals surface area contributed by atoms with Crippen molar-refractivity contribution in [3.8, 4) is 11.3 Å². The fraction of sp³-hybridized carbons (Fsp3) is 0.350. The number of imide groups is 2. The number of aromatic nitrogens is 5. The van der Waals surface area contributed by atoms with E-state index in [2.05, 4.69) is 43.3 Å². The Bertz CT molecular complexity index is 2290. The van der Waals surface area contributed by atoms with Crippen LogP contribution < -0.4 is 21.3 Å². The monoisotopic (exact) mass is 792 g/mol. The lowest BCUT2D eigenvalue weighted by Crippen LogP contribution is -2.54. The summed E-state index contributed by atoms with van der Waals surface area (Å²) in [5.41, 5.74) is 4.47. The van der Waals surface area contributed by atoms with Gasteiger partial charge in [-0.05, 0) is 55.3 Å². The zero-order chi connectivity index (χ0) is 40.4. The molecule has 0 radical (unpaired) electrons. The molecule has 18 heteroatoms. The molecule has 2 aliphatic heterocycles. The van der Waals surface area contributed by atoms with Crippen LogP contribution in [0, 0.1) is 0 Å². The topological polar surface area (TPSA) is 224 Å². The van der Waals surface area contributed by atoms with Crippen LogP contribution in [0.25, 0.3) is 22.3 Å². The van der Waals surface area contributed by atoms with Crippen LogP contribution >= 0.6 is 0 Å². The second-order valence-corrected chi connectivity index (χ2v) is 13.5. The number of carbonyl (C=O) groups is 5. The summed E-state index contributed by atoms with van der Waals surface area (Å²) in [6.45, 7) is 5.63. The van der Waals surface area contributed by atoms with E-state index in [-0.39, 0.29) is 29.9 Å². The van der Waals surface area contributed by atoms with E-state index in [0.29, 0.717) is 75.6 Å². The van der Waals surface area contributed by atoms with Gasteiger partial charge in [0.25, 0.3) is 17.7 Å². The van der Waals surface area contributed by atoms with Crippen molar-refractivity contribution >= 4 is 57.9 Å². The van der Waals surface area contributed by atoms with Crippen LogP contribution in [0.1, 0.15) is 57.3 Å². The van der Waals surface area contributed by atoms with Gasteiger partial charge in [-0.1, -0.05) is 13.0 Å². The molecule has 1 saturated heterocycles. The predicted molar refractivity (Wildman–Crippen MR) is 212 cm³/mol. The fourth-order valence-corrected chi connectivity index (χ4v) is 6.69. The molecule has 1 fully saturated rings. The van der Waals surface area contributed by atoms with Crippen LogP contribution in [0.4, 0.5) is 17.3 Å². The van der Waals surface area contributed by atoms with E-state index < -0.39 is 29.7 Å². The first-order chi connectivity index (χ1) is 28.3. The maximum Gasteiger partial charge on any atom is 0.264 e. The van der Waals surface area contributed by atoms with Crippen LogP contribution in [0.15, 0.2) is 67.1 Å². The number of aromatic amines is 1. The highest BCUT2D eigenvalue weighted by atomic mass is 16.5. The smallest absolute Gasteiger partial charge is 0.264 e. The van der Waals surface area contributed by atoms with Gasteiger partial charge in [0.1, 0.15) is 11.7 Å². The maximum atomic E-state index is 13.2. The van der Waals surface area contributed by atoms with E-state index in [4.69, 9.17) is 19.2 Å². The number of anilines is 3. The minimum atomic E-state index is -1.02. The summed E-state index contributed by atoms with van der Waals surface area (Å²) in [5, 5.41) is 16.8. The summed E-state index contributed by atoms with van der Waals surface area (Å²) in [6, 6.07) is 12.9. The highest BCUT2D eigenvalue weighted by Crippen LogP contribution is 2.32. The molecule has 7 rings (SSSR count). The van der Waals surface area contributed by atoms with Crippen molar-refractivity contribution in [2.24, 2.45) is 0 Å². The molecule has 2 aliphatic rings. The number of nitrogens with zero attached hydrogens (tertiary/aromatic N) is 5. The first-order valence-electron chi connectivity index (χ1n) is 19.2. The van der Waals surface area contributed by atoms with Crippen LogP contribution in [-0.4, -0.2) is 118 Å². The molecule has 0 saturated carbocycles. The molecule has 5 amide bonds. The fourth-order valence-electron chi connectivity index (χ4n) is 6.69. The predicted octanol–water partition coefficient (Wildman–Crippen LogP) is 3.27. The molecule has 3 aromatic heterocycles. The Hall–Kier alpha value is -6.50. The number of hydrogen-bond acceptors (Lipinski definition) is 13. The highest BCUT2D eigenvalue weighted by molar-refractivity contribution is 6.25. The number of rotatable bonds is 20. The first-order valence-corrected chi connectivity index (χ1v) is 19.2. The molecule has 18 nitrogen and oxygen atoms in total. The number of fused-ring (bicyclic) bond motifs is 2. The van der Waals surface area contributed by atoms with Gasteiger partial charge in [-0.15, -0.1) is 0 Å². The molecular formula is C40H44N10O8. The molecule has 5 aromatic rings. The van der Waals surface area contributed by atoms with E-state index in [1.54, 1.807) is 48.7 Å². The first kappa shape index (κ1) is 39.7. The minimum Gasteiger partial charge on any atom is -0.382 e. The van der Waals surface area contributed by atoms with Crippen molar-refractivity contribution in [3.63, 3.8) is 0 Å². The second kappa shape index (κ2) is 18.6. The van der Waals surface area contributed by atoms with Crippen molar-refractivity contribution < 1.29 is 38.2 Å². The largest absolute Gasteiger partial charge is 0.382 e. The van der Waals surface area contributed by atoms with Gasteiger partial charge >= 0.3 is 0 Å². The zero-order valence-electron chi connectivity index (χ0n) is 31.9. The normalized spacial score (nSPS) is 15.2. The third-order valence-electron chi connectivity index (χ3n) is 9.48. The Kier molecular flexibility index (Phi) is 12.8. The Morgan fingerprint density at radius 1 is 0.897 bits per heavy atom. The number of nitrogens with one attached hydrogen (secondary N) is 5. The molecule has 0 bridgehead atoms. The van der Waals surface area contributed by atoms with Gasteiger partial charge < -0.3 is 35.1 Å². The van der Waals surface area contributed by atoms with E-state index in [1.807, 2.05) is 23.1 Å². The minimum absolute atomic E-state index is 0.0560. The summed E-state index contributed by atoms with van der Waals surface area (Å²) in [6.07, 6.45) is 6.74. The number of aryl methyl sites for hydroxylation is 1. The van der Waals surface area contributed by atoms with Crippen molar-refractivity contribution in [3.05, 3.63) is 83.8 Å².